The monoisotopic (exact) mass is 452 g/mol. The van der Waals surface area contributed by atoms with Gasteiger partial charge in [0, 0.05) is 39.9 Å². The highest BCUT2D eigenvalue weighted by atomic mass is 35.5. The molecule has 0 radical (unpaired) electrons. The molecule has 0 saturated carbocycles. The van der Waals surface area contributed by atoms with E-state index in [4.69, 9.17) is 28.2 Å². The van der Waals surface area contributed by atoms with Crippen molar-refractivity contribution in [2.75, 3.05) is 0 Å². The molecule has 1 fully saturated rings. The van der Waals surface area contributed by atoms with Gasteiger partial charge < -0.3 is 0 Å². The van der Waals surface area contributed by atoms with Crippen LogP contribution in [0.2, 0.25) is 10.0 Å². The molecule has 2 aromatic carbocycles. The maximum absolute atomic E-state index is 6.74. The molecule has 3 atom stereocenters. The lowest BCUT2D eigenvalue weighted by Gasteiger charge is -2.38. The number of halogens is 2. The van der Waals surface area contributed by atoms with Crippen molar-refractivity contribution >= 4 is 23.2 Å². The second-order valence-corrected chi connectivity index (χ2v) is 9.63. The van der Waals surface area contributed by atoms with Gasteiger partial charge in [-0.05, 0) is 68.0 Å². The summed E-state index contributed by atoms with van der Waals surface area (Å²) in [5.41, 5.74) is 4.71. The van der Waals surface area contributed by atoms with Gasteiger partial charge in [-0.1, -0.05) is 72.6 Å². The van der Waals surface area contributed by atoms with Crippen molar-refractivity contribution in [1.29, 1.82) is 0 Å². The van der Waals surface area contributed by atoms with Gasteiger partial charge in [0.25, 0.3) is 0 Å². The number of nitrogens with zero attached hydrogens (tertiary/aromatic N) is 2. The first-order valence-electron chi connectivity index (χ1n) is 11.1. The van der Waals surface area contributed by atoms with E-state index in [-0.39, 0.29) is 6.04 Å². The zero-order valence-electron chi connectivity index (χ0n) is 18.4. The van der Waals surface area contributed by atoms with E-state index in [9.17, 15) is 0 Å². The van der Waals surface area contributed by atoms with E-state index in [1.165, 1.54) is 24.1 Å². The first-order chi connectivity index (χ1) is 15.0. The molecule has 1 aliphatic rings. The van der Waals surface area contributed by atoms with E-state index in [1.54, 1.807) is 0 Å². The quantitative estimate of drug-likeness (QED) is 0.378. The molecule has 2 nitrogen and oxygen atoms in total. The molecular weight excluding hydrogens is 423 g/mol. The number of aromatic nitrogens is 1. The number of rotatable bonds is 6. The number of hydrogen-bond acceptors (Lipinski definition) is 2. The Kier molecular flexibility index (Phi) is 7.01. The summed E-state index contributed by atoms with van der Waals surface area (Å²) in [6.07, 6.45) is 5.31. The average molecular weight is 453 g/mol. The number of benzene rings is 2. The number of aryl methyl sites for hydroxylation is 1. The number of hydrogen-bond donors (Lipinski definition) is 0. The topological polar surface area (TPSA) is 16.1 Å². The maximum Gasteiger partial charge on any atom is 0.0635 e. The summed E-state index contributed by atoms with van der Waals surface area (Å²) in [7, 11) is 0. The van der Waals surface area contributed by atoms with Crippen molar-refractivity contribution in [3.63, 3.8) is 0 Å². The van der Waals surface area contributed by atoms with Gasteiger partial charge in [0.1, 0.15) is 0 Å². The predicted octanol–water partition coefficient (Wildman–Crippen LogP) is 7.83. The maximum atomic E-state index is 6.74. The fraction of sp³-hybridized carbons (Fsp3) is 0.370. The smallest absolute Gasteiger partial charge is 0.0635 e. The van der Waals surface area contributed by atoms with Gasteiger partial charge in [0.15, 0.2) is 0 Å². The van der Waals surface area contributed by atoms with Crippen molar-refractivity contribution in [3.05, 3.63) is 99.3 Å². The molecule has 31 heavy (non-hydrogen) atoms. The van der Waals surface area contributed by atoms with Crippen LogP contribution in [-0.4, -0.2) is 22.0 Å². The Morgan fingerprint density at radius 1 is 0.935 bits per heavy atom. The first-order valence-corrected chi connectivity index (χ1v) is 11.9. The molecule has 3 unspecified atom stereocenters. The summed E-state index contributed by atoms with van der Waals surface area (Å²) in [5.74, 6) is 0.386. The third-order valence-corrected chi connectivity index (χ3v) is 7.38. The summed E-state index contributed by atoms with van der Waals surface area (Å²) >= 11 is 13.5. The molecule has 0 aliphatic carbocycles. The zero-order valence-corrected chi connectivity index (χ0v) is 19.9. The first kappa shape index (κ1) is 22.3. The summed E-state index contributed by atoms with van der Waals surface area (Å²) in [5, 5.41) is 1.58. The van der Waals surface area contributed by atoms with E-state index in [0.717, 1.165) is 27.6 Å². The van der Waals surface area contributed by atoms with Gasteiger partial charge >= 0.3 is 0 Å². The summed E-state index contributed by atoms with van der Waals surface area (Å²) in [6, 6.07) is 21.5. The van der Waals surface area contributed by atoms with E-state index >= 15 is 0 Å². The van der Waals surface area contributed by atoms with Gasteiger partial charge in [0.2, 0.25) is 0 Å². The highest BCUT2D eigenvalue weighted by Gasteiger charge is 2.39. The minimum Gasteiger partial charge on any atom is -0.287 e. The highest BCUT2D eigenvalue weighted by Crippen LogP contribution is 2.44. The molecule has 1 aliphatic heterocycles. The van der Waals surface area contributed by atoms with Crippen LogP contribution in [0.15, 0.2) is 66.9 Å². The van der Waals surface area contributed by atoms with Gasteiger partial charge in [0.05, 0.1) is 6.04 Å². The third kappa shape index (κ3) is 4.67. The zero-order chi connectivity index (χ0) is 22.0. The largest absolute Gasteiger partial charge is 0.287 e. The molecule has 0 bridgehead atoms. The molecule has 0 N–H and O–H groups in total. The van der Waals surface area contributed by atoms with E-state index in [2.05, 4.69) is 56.0 Å². The van der Waals surface area contributed by atoms with Crippen LogP contribution in [0.3, 0.4) is 0 Å². The molecule has 4 rings (SSSR count). The Morgan fingerprint density at radius 2 is 1.55 bits per heavy atom. The molecule has 2 heterocycles. The van der Waals surface area contributed by atoms with Crippen LogP contribution in [0.1, 0.15) is 67.5 Å². The van der Waals surface area contributed by atoms with Crippen molar-refractivity contribution in [3.8, 4) is 0 Å². The van der Waals surface area contributed by atoms with Crippen LogP contribution in [0.25, 0.3) is 0 Å². The van der Waals surface area contributed by atoms with Crippen LogP contribution < -0.4 is 0 Å². The van der Waals surface area contributed by atoms with E-state index in [0.29, 0.717) is 18.0 Å². The Bertz CT molecular complexity index is 990. The lowest BCUT2D eigenvalue weighted by molar-refractivity contribution is 0.148. The van der Waals surface area contributed by atoms with Crippen LogP contribution in [0, 0.1) is 6.92 Å². The van der Waals surface area contributed by atoms with Gasteiger partial charge in [-0.2, -0.15) is 0 Å². The van der Waals surface area contributed by atoms with Crippen LogP contribution in [0.5, 0.6) is 0 Å². The van der Waals surface area contributed by atoms with Crippen molar-refractivity contribution in [2.24, 2.45) is 0 Å². The van der Waals surface area contributed by atoms with Crippen molar-refractivity contribution in [1.82, 2.24) is 9.88 Å². The normalized spacial score (nSPS) is 20.3. The summed E-state index contributed by atoms with van der Waals surface area (Å²) in [4.78, 5) is 7.34. The Morgan fingerprint density at radius 3 is 2.13 bits per heavy atom. The minimum absolute atomic E-state index is 0.0296. The Balaban J connectivity index is 1.73. The highest BCUT2D eigenvalue weighted by molar-refractivity contribution is 6.32. The van der Waals surface area contributed by atoms with Crippen molar-refractivity contribution in [2.45, 2.75) is 64.1 Å². The molecule has 3 aromatic rings. The number of pyridine rings is 1. The standard InChI is InChI=1S/C27H30Cl2N2/c1-18-9-8-16-30-26(18)19(2)17-21-15-14-20(3)31(21)27(22-10-4-6-12-24(22)28)23-11-5-7-13-25(23)29/h4-13,16,19-21,27H,14-15,17H2,1-3H3. The SMILES string of the molecule is Cc1cccnc1C(C)CC1CCC(C)N1C(c1ccccc1Cl)c1ccccc1Cl. The summed E-state index contributed by atoms with van der Waals surface area (Å²) < 4.78 is 0. The Hall–Kier alpha value is -1.87. The van der Waals surface area contributed by atoms with Gasteiger partial charge in [-0.15, -0.1) is 0 Å². The minimum atomic E-state index is 0.0296. The molecule has 0 spiro atoms. The van der Waals surface area contributed by atoms with E-state index < -0.39 is 0 Å². The number of likely N-dealkylation sites (tertiary alicyclic amines) is 1. The molecule has 0 amide bonds. The summed E-state index contributed by atoms with van der Waals surface area (Å²) in [6.45, 7) is 6.79. The van der Waals surface area contributed by atoms with Crippen LogP contribution in [-0.2, 0) is 0 Å². The van der Waals surface area contributed by atoms with Gasteiger partial charge in [-0.25, -0.2) is 0 Å². The van der Waals surface area contributed by atoms with Crippen LogP contribution >= 0.6 is 23.2 Å². The molecule has 1 saturated heterocycles. The molecular formula is C27H30Cl2N2. The molecule has 4 heteroatoms. The second-order valence-electron chi connectivity index (χ2n) is 8.82. The van der Waals surface area contributed by atoms with Gasteiger partial charge in [-0.3, -0.25) is 9.88 Å². The van der Waals surface area contributed by atoms with Crippen molar-refractivity contribution < 1.29 is 0 Å². The fourth-order valence-corrected chi connectivity index (χ4v) is 5.69. The third-order valence-electron chi connectivity index (χ3n) is 6.69. The van der Waals surface area contributed by atoms with Crippen LogP contribution in [0.4, 0.5) is 0 Å². The predicted molar refractivity (Wildman–Crippen MR) is 131 cm³/mol. The molecule has 1 aromatic heterocycles. The molecule has 162 valence electrons. The fourth-order valence-electron chi connectivity index (χ4n) is 5.21. The Labute approximate surface area is 196 Å². The lowest BCUT2D eigenvalue weighted by Crippen LogP contribution is -2.39. The van der Waals surface area contributed by atoms with E-state index in [1.807, 2.05) is 36.5 Å². The lowest BCUT2D eigenvalue weighted by atomic mass is 9.91. The average Bonchev–Trinajstić information content (AvgIpc) is 3.11. The second kappa shape index (κ2) is 9.73.